The Morgan fingerprint density at radius 2 is 1.86 bits per heavy atom. The smallest absolute Gasteiger partial charge is 0.141 e. The monoisotopic (exact) mass is 309 g/mol. The van der Waals surface area contributed by atoms with Gasteiger partial charge in [0.1, 0.15) is 5.82 Å². The molecule has 3 nitrogen and oxygen atoms in total. The molecule has 0 saturated heterocycles. The highest BCUT2D eigenvalue weighted by Gasteiger charge is 2.15. The van der Waals surface area contributed by atoms with E-state index in [0.29, 0.717) is 4.99 Å². The van der Waals surface area contributed by atoms with E-state index in [9.17, 15) is 0 Å². The van der Waals surface area contributed by atoms with E-state index in [4.69, 9.17) is 22.9 Å². The number of thiocarbonyl (C=S) groups is 1. The summed E-state index contributed by atoms with van der Waals surface area (Å²) in [4.78, 5) is 5.34. The highest BCUT2D eigenvalue weighted by molar-refractivity contribution is 7.80. The van der Waals surface area contributed by atoms with Crippen molar-refractivity contribution in [1.82, 2.24) is 9.55 Å². The highest BCUT2D eigenvalue weighted by atomic mass is 32.1. The molecule has 0 spiro atoms. The molecule has 4 heteroatoms. The molecule has 0 aliphatic heterocycles. The Kier molecular flexibility index (Phi) is 3.94. The van der Waals surface area contributed by atoms with Gasteiger partial charge in [0, 0.05) is 18.0 Å². The second kappa shape index (κ2) is 5.89. The van der Waals surface area contributed by atoms with Gasteiger partial charge < -0.3 is 10.3 Å². The Bertz CT molecular complexity index is 818. The zero-order valence-corrected chi connectivity index (χ0v) is 13.6. The molecule has 0 bridgehead atoms. The number of fused-ring (bicyclic) bond motifs is 1. The lowest BCUT2D eigenvalue weighted by Crippen LogP contribution is -2.23. The maximum atomic E-state index is 5.80. The molecular formula is C18H19N3S. The fourth-order valence-corrected chi connectivity index (χ4v) is 2.62. The van der Waals surface area contributed by atoms with Crippen molar-refractivity contribution in [1.29, 1.82) is 0 Å². The van der Waals surface area contributed by atoms with Crippen LogP contribution in [0.25, 0.3) is 22.4 Å². The van der Waals surface area contributed by atoms with Crippen LogP contribution in [0.3, 0.4) is 0 Å². The number of para-hydroxylation sites is 2. The van der Waals surface area contributed by atoms with Gasteiger partial charge >= 0.3 is 0 Å². The van der Waals surface area contributed by atoms with Crippen molar-refractivity contribution in [2.75, 3.05) is 0 Å². The summed E-state index contributed by atoms with van der Waals surface area (Å²) in [6.45, 7) is 4.87. The first-order valence-electron chi connectivity index (χ1n) is 7.38. The van der Waals surface area contributed by atoms with Crippen molar-refractivity contribution >= 4 is 28.2 Å². The van der Waals surface area contributed by atoms with Crippen LogP contribution < -0.4 is 5.73 Å². The first-order chi connectivity index (χ1) is 10.6. The van der Waals surface area contributed by atoms with Crippen LogP contribution in [0.15, 0.2) is 48.5 Å². The van der Waals surface area contributed by atoms with E-state index >= 15 is 0 Å². The number of hydrogen-bond donors (Lipinski definition) is 1. The number of imidazole rings is 1. The SMILES string of the molecule is Cc1ccc(-c2nc3ccccc3n2CC(C)C(N)=S)cc1. The van der Waals surface area contributed by atoms with Crippen LogP contribution in [0.2, 0.25) is 0 Å². The van der Waals surface area contributed by atoms with Crippen LogP contribution in [0, 0.1) is 12.8 Å². The molecule has 112 valence electrons. The topological polar surface area (TPSA) is 43.8 Å². The second-order valence-corrected chi connectivity index (χ2v) is 6.18. The first kappa shape index (κ1) is 14.7. The molecule has 1 unspecified atom stereocenters. The van der Waals surface area contributed by atoms with Crippen molar-refractivity contribution in [3.63, 3.8) is 0 Å². The quantitative estimate of drug-likeness (QED) is 0.743. The standard InChI is InChI=1S/C18H19N3S/c1-12-7-9-14(10-8-12)18-20-15-5-3-4-6-16(15)21(18)11-13(2)17(19)22/h3-10,13H,11H2,1-2H3,(H2,19,22). The van der Waals surface area contributed by atoms with Gasteiger partial charge in [0.25, 0.3) is 0 Å². The third-order valence-corrected chi connectivity index (χ3v) is 4.31. The van der Waals surface area contributed by atoms with E-state index in [-0.39, 0.29) is 5.92 Å². The number of rotatable bonds is 4. The number of nitrogens with zero attached hydrogens (tertiary/aromatic N) is 2. The Hall–Kier alpha value is -2.20. The molecule has 0 aliphatic rings. The molecule has 3 rings (SSSR count). The second-order valence-electron chi connectivity index (χ2n) is 5.70. The summed E-state index contributed by atoms with van der Waals surface area (Å²) in [5.41, 5.74) is 10.3. The molecule has 3 aromatic rings. The van der Waals surface area contributed by atoms with Crippen molar-refractivity contribution in [2.24, 2.45) is 11.7 Å². The molecule has 0 radical (unpaired) electrons. The predicted molar refractivity (Wildman–Crippen MR) is 95.9 cm³/mol. The summed E-state index contributed by atoms with van der Waals surface area (Å²) in [6, 6.07) is 16.6. The van der Waals surface area contributed by atoms with E-state index in [1.165, 1.54) is 5.56 Å². The number of aryl methyl sites for hydroxylation is 1. The third-order valence-electron chi connectivity index (χ3n) is 3.91. The number of hydrogen-bond acceptors (Lipinski definition) is 2. The van der Waals surface area contributed by atoms with E-state index in [0.717, 1.165) is 29.0 Å². The largest absolute Gasteiger partial charge is 0.393 e. The van der Waals surface area contributed by atoms with Gasteiger partial charge in [-0.2, -0.15) is 0 Å². The summed E-state index contributed by atoms with van der Waals surface area (Å²) < 4.78 is 2.21. The Morgan fingerprint density at radius 3 is 2.55 bits per heavy atom. The van der Waals surface area contributed by atoms with Crippen molar-refractivity contribution < 1.29 is 0 Å². The number of benzene rings is 2. The lowest BCUT2D eigenvalue weighted by Gasteiger charge is -2.14. The van der Waals surface area contributed by atoms with Crippen LogP contribution in [-0.4, -0.2) is 14.5 Å². The molecular weight excluding hydrogens is 290 g/mol. The fraction of sp³-hybridized carbons (Fsp3) is 0.222. The maximum Gasteiger partial charge on any atom is 0.141 e. The van der Waals surface area contributed by atoms with Gasteiger partial charge in [-0.1, -0.05) is 61.1 Å². The van der Waals surface area contributed by atoms with Crippen molar-refractivity contribution in [3.8, 4) is 11.4 Å². The van der Waals surface area contributed by atoms with E-state index < -0.39 is 0 Å². The summed E-state index contributed by atoms with van der Waals surface area (Å²) in [5.74, 6) is 1.08. The minimum Gasteiger partial charge on any atom is -0.393 e. The Labute approximate surface area is 135 Å². The molecule has 2 aromatic carbocycles. The summed E-state index contributed by atoms with van der Waals surface area (Å²) in [5, 5.41) is 0. The van der Waals surface area contributed by atoms with E-state index in [1.807, 2.05) is 18.2 Å². The average Bonchev–Trinajstić information content (AvgIpc) is 2.87. The fourth-order valence-electron chi connectivity index (χ4n) is 2.55. The molecule has 0 saturated carbocycles. The summed E-state index contributed by atoms with van der Waals surface area (Å²) in [7, 11) is 0. The normalized spacial score (nSPS) is 12.5. The highest BCUT2D eigenvalue weighted by Crippen LogP contribution is 2.26. The van der Waals surface area contributed by atoms with Crippen LogP contribution >= 0.6 is 12.2 Å². The van der Waals surface area contributed by atoms with Gasteiger partial charge in [0.15, 0.2) is 0 Å². The summed E-state index contributed by atoms with van der Waals surface area (Å²) >= 11 is 5.14. The van der Waals surface area contributed by atoms with E-state index in [2.05, 4.69) is 48.7 Å². The number of aromatic nitrogens is 2. The Morgan fingerprint density at radius 1 is 1.18 bits per heavy atom. The molecule has 2 N–H and O–H groups in total. The third kappa shape index (κ3) is 2.74. The zero-order valence-electron chi connectivity index (χ0n) is 12.8. The zero-order chi connectivity index (χ0) is 15.7. The van der Waals surface area contributed by atoms with Crippen LogP contribution in [0.1, 0.15) is 12.5 Å². The predicted octanol–water partition coefficient (Wildman–Crippen LogP) is 3.93. The average molecular weight is 309 g/mol. The molecule has 0 fully saturated rings. The van der Waals surface area contributed by atoms with Gasteiger partial charge in [-0.25, -0.2) is 4.98 Å². The van der Waals surface area contributed by atoms with Gasteiger partial charge in [-0.05, 0) is 19.1 Å². The first-order valence-corrected chi connectivity index (χ1v) is 7.78. The van der Waals surface area contributed by atoms with Crippen molar-refractivity contribution in [3.05, 3.63) is 54.1 Å². The molecule has 1 aromatic heterocycles. The maximum absolute atomic E-state index is 5.80. The lowest BCUT2D eigenvalue weighted by atomic mass is 10.1. The van der Waals surface area contributed by atoms with E-state index in [1.54, 1.807) is 0 Å². The molecule has 1 atom stereocenters. The molecule has 0 amide bonds. The van der Waals surface area contributed by atoms with Crippen LogP contribution in [-0.2, 0) is 6.54 Å². The van der Waals surface area contributed by atoms with Gasteiger partial charge in [0.2, 0.25) is 0 Å². The van der Waals surface area contributed by atoms with Gasteiger partial charge in [0.05, 0.1) is 16.0 Å². The summed E-state index contributed by atoms with van der Waals surface area (Å²) in [6.07, 6.45) is 0. The molecule has 22 heavy (non-hydrogen) atoms. The molecule has 0 aliphatic carbocycles. The van der Waals surface area contributed by atoms with Crippen LogP contribution in [0.4, 0.5) is 0 Å². The minimum absolute atomic E-state index is 0.122. The van der Waals surface area contributed by atoms with Crippen LogP contribution in [0.5, 0.6) is 0 Å². The van der Waals surface area contributed by atoms with Crippen molar-refractivity contribution in [2.45, 2.75) is 20.4 Å². The minimum atomic E-state index is 0.122. The Balaban J connectivity index is 2.16. The molecule has 1 heterocycles. The van der Waals surface area contributed by atoms with Gasteiger partial charge in [-0.3, -0.25) is 0 Å². The van der Waals surface area contributed by atoms with Gasteiger partial charge in [-0.15, -0.1) is 0 Å². The number of nitrogens with two attached hydrogens (primary N) is 1. The lowest BCUT2D eigenvalue weighted by molar-refractivity contribution is 0.617.